The van der Waals surface area contributed by atoms with Gasteiger partial charge in [0.05, 0.1) is 19.3 Å². The molecule has 0 aliphatic heterocycles. The van der Waals surface area contributed by atoms with Crippen molar-refractivity contribution in [1.29, 1.82) is 0 Å². The molecule has 0 aromatic carbocycles. The molecule has 3 heteroatoms. The summed E-state index contributed by atoms with van der Waals surface area (Å²) < 4.78 is 11.7. The van der Waals surface area contributed by atoms with Crippen LogP contribution in [0.4, 0.5) is 0 Å². The zero-order chi connectivity index (χ0) is 14.8. The molecule has 120 valence electrons. The predicted molar refractivity (Wildman–Crippen MR) is 85.1 cm³/mol. The van der Waals surface area contributed by atoms with E-state index in [4.69, 9.17) is 9.47 Å². The molecule has 1 saturated carbocycles. The van der Waals surface area contributed by atoms with Crippen LogP contribution in [0, 0.1) is 11.8 Å². The Kier molecular flexibility index (Phi) is 9.49. The van der Waals surface area contributed by atoms with Crippen molar-refractivity contribution in [3.8, 4) is 0 Å². The van der Waals surface area contributed by atoms with Gasteiger partial charge < -0.3 is 14.8 Å². The van der Waals surface area contributed by atoms with Gasteiger partial charge >= 0.3 is 0 Å². The highest BCUT2D eigenvalue weighted by molar-refractivity contribution is 4.88. The van der Waals surface area contributed by atoms with Gasteiger partial charge in [-0.1, -0.05) is 34.1 Å². The fourth-order valence-electron chi connectivity index (χ4n) is 3.23. The SMILES string of the molecule is CCCCOCCOC1C(C)CC(C)CC1NCCC. The van der Waals surface area contributed by atoms with E-state index in [9.17, 15) is 0 Å². The van der Waals surface area contributed by atoms with Gasteiger partial charge in [0.25, 0.3) is 0 Å². The number of nitrogens with one attached hydrogen (secondary N) is 1. The average molecular weight is 285 g/mol. The Bertz CT molecular complexity index is 235. The molecule has 1 aliphatic rings. The van der Waals surface area contributed by atoms with Crippen molar-refractivity contribution in [2.45, 2.75) is 71.9 Å². The highest BCUT2D eigenvalue weighted by Crippen LogP contribution is 2.31. The quantitative estimate of drug-likeness (QED) is 0.622. The smallest absolute Gasteiger partial charge is 0.0754 e. The predicted octanol–water partition coefficient (Wildman–Crippen LogP) is 3.62. The number of ether oxygens (including phenoxy) is 2. The molecular formula is C17H35NO2. The molecule has 0 spiro atoms. The molecule has 0 saturated heterocycles. The van der Waals surface area contributed by atoms with Gasteiger partial charge in [0.2, 0.25) is 0 Å². The lowest BCUT2D eigenvalue weighted by molar-refractivity contribution is -0.0578. The van der Waals surface area contributed by atoms with E-state index in [0.29, 0.717) is 18.1 Å². The summed E-state index contributed by atoms with van der Waals surface area (Å²) in [6, 6.07) is 0.518. The van der Waals surface area contributed by atoms with Gasteiger partial charge in [-0.15, -0.1) is 0 Å². The van der Waals surface area contributed by atoms with Crippen LogP contribution in [-0.4, -0.2) is 38.5 Å². The van der Waals surface area contributed by atoms with Crippen molar-refractivity contribution in [3.05, 3.63) is 0 Å². The molecule has 0 radical (unpaired) electrons. The fourth-order valence-corrected chi connectivity index (χ4v) is 3.23. The molecule has 0 amide bonds. The van der Waals surface area contributed by atoms with E-state index < -0.39 is 0 Å². The molecule has 0 aromatic heterocycles. The lowest BCUT2D eigenvalue weighted by atomic mass is 9.78. The molecule has 4 unspecified atom stereocenters. The Balaban J connectivity index is 2.30. The second kappa shape index (κ2) is 10.6. The Morgan fingerprint density at radius 1 is 1.00 bits per heavy atom. The summed E-state index contributed by atoms with van der Waals surface area (Å²) in [6.07, 6.45) is 6.41. The van der Waals surface area contributed by atoms with Gasteiger partial charge in [0, 0.05) is 12.6 Å². The molecule has 1 fully saturated rings. The minimum Gasteiger partial charge on any atom is -0.379 e. The summed E-state index contributed by atoms with van der Waals surface area (Å²) >= 11 is 0. The average Bonchev–Trinajstić information content (AvgIpc) is 2.42. The van der Waals surface area contributed by atoms with Crippen LogP contribution >= 0.6 is 0 Å². The molecule has 0 bridgehead atoms. The Morgan fingerprint density at radius 3 is 2.50 bits per heavy atom. The van der Waals surface area contributed by atoms with E-state index in [2.05, 4.69) is 33.0 Å². The molecule has 0 aromatic rings. The second-order valence-electron chi connectivity index (χ2n) is 6.42. The third-order valence-electron chi connectivity index (χ3n) is 4.22. The van der Waals surface area contributed by atoms with Crippen molar-refractivity contribution in [2.75, 3.05) is 26.4 Å². The first-order valence-corrected chi connectivity index (χ1v) is 8.61. The van der Waals surface area contributed by atoms with E-state index >= 15 is 0 Å². The third kappa shape index (κ3) is 6.55. The molecule has 1 N–H and O–H groups in total. The van der Waals surface area contributed by atoms with Crippen LogP contribution in [0.2, 0.25) is 0 Å². The van der Waals surface area contributed by atoms with Crippen LogP contribution in [0.1, 0.15) is 59.8 Å². The minimum absolute atomic E-state index is 0.354. The maximum Gasteiger partial charge on any atom is 0.0754 e. The summed E-state index contributed by atoms with van der Waals surface area (Å²) in [5, 5.41) is 3.68. The molecular weight excluding hydrogens is 250 g/mol. The highest BCUT2D eigenvalue weighted by Gasteiger charge is 2.34. The Labute approximate surface area is 125 Å². The number of rotatable bonds is 10. The van der Waals surface area contributed by atoms with Crippen LogP contribution in [0.15, 0.2) is 0 Å². The maximum absolute atomic E-state index is 6.15. The third-order valence-corrected chi connectivity index (χ3v) is 4.22. The van der Waals surface area contributed by atoms with Gasteiger partial charge in [-0.25, -0.2) is 0 Å². The largest absolute Gasteiger partial charge is 0.379 e. The first-order valence-electron chi connectivity index (χ1n) is 8.61. The number of hydrogen-bond acceptors (Lipinski definition) is 3. The van der Waals surface area contributed by atoms with Crippen molar-refractivity contribution in [3.63, 3.8) is 0 Å². The number of hydrogen-bond donors (Lipinski definition) is 1. The maximum atomic E-state index is 6.15. The topological polar surface area (TPSA) is 30.5 Å². The van der Waals surface area contributed by atoms with Gasteiger partial charge in [-0.3, -0.25) is 0 Å². The van der Waals surface area contributed by atoms with E-state index in [1.807, 2.05) is 0 Å². The van der Waals surface area contributed by atoms with Crippen molar-refractivity contribution < 1.29 is 9.47 Å². The van der Waals surface area contributed by atoms with Crippen LogP contribution in [0.5, 0.6) is 0 Å². The Morgan fingerprint density at radius 2 is 1.80 bits per heavy atom. The normalized spacial score (nSPS) is 30.6. The lowest BCUT2D eigenvalue weighted by Gasteiger charge is -2.40. The van der Waals surface area contributed by atoms with Crippen molar-refractivity contribution >= 4 is 0 Å². The summed E-state index contributed by atoms with van der Waals surface area (Å²) in [6.45, 7) is 12.5. The van der Waals surface area contributed by atoms with Crippen molar-refractivity contribution in [2.24, 2.45) is 11.8 Å². The Hall–Kier alpha value is -0.120. The molecule has 3 nitrogen and oxygen atoms in total. The zero-order valence-corrected chi connectivity index (χ0v) is 14.0. The lowest BCUT2D eigenvalue weighted by Crippen LogP contribution is -2.49. The first-order chi connectivity index (χ1) is 9.69. The first kappa shape index (κ1) is 17.9. The van der Waals surface area contributed by atoms with E-state index in [1.165, 1.54) is 25.7 Å². The highest BCUT2D eigenvalue weighted by atomic mass is 16.5. The summed E-state index contributed by atoms with van der Waals surface area (Å²) in [5.74, 6) is 1.45. The fraction of sp³-hybridized carbons (Fsp3) is 1.00. The zero-order valence-electron chi connectivity index (χ0n) is 14.0. The van der Waals surface area contributed by atoms with Crippen LogP contribution in [0.25, 0.3) is 0 Å². The minimum atomic E-state index is 0.354. The van der Waals surface area contributed by atoms with E-state index in [-0.39, 0.29) is 0 Å². The summed E-state index contributed by atoms with van der Waals surface area (Å²) in [4.78, 5) is 0. The molecule has 4 atom stereocenters. The molecule has 0 heterocycles. The summed E-state index contributed by atoms with van der Waals surface area (Å²) in [7, 11) is 0. The van der Waals surface area contributed by atoms with Crippen LogP contribution < -0.4 is 5.32 Å². The molecule has 1 rings (SSSR count). The van der Waals surface area contributed by atoms with Crippen LogP contribution in [0.3, 0.4) is 0 Å². The molecule has 1 aliphatic carbocycles. The second-order valence-corrected chi connectivity index (χ2v) is 6.42. The van der Waals surface area contributed by atoms with E-state index in [0.717, 1.165) is 38.7 Å². The van der Waals surface area contributed by atoms with Gasteiger partial charge in [-0.2, -0.15) is 0 Å². The monoisotopic (exact) mass is 285 g/mol. The van der Waals surface area contributed by atoms with Crippen molar-refractivity contribution in [1.82, 2.24) is 5.32 Å². The van der Waals surface area contributed by atoms with Gasteiger partial charge in [-0.05, 0) is 44.1 Å². The van der Waals surface area contributed by atoms with E-state index in [1.54, 1.807) is 0 Å². The number of unbranched alkanes of at least 4 members (excludes halogenated alkanes) is 1. The molecule has 20 heavy (non-hydrogen) atoms. The van der Waals surface area contributed by atoms with Gasteiger partial charge in [0.1, 0.15) is 0 Å². The van der Waals surface area contributed by atoms with Crippen LogP contribution in [-0.2, 0) is 9.47 Å². The van der Waals surface area contributed by atoms with Gasteiger partial charge in [0.15, 0.2) is 0 Å². The standard InChI is InChI=1S/C17H35NO2/c1-5-7-9-19-10-11-20-17-15(4)12-14(3)13-16(17)18-8-6-2/h14-18H,5-13H2,1-4H3. The summed E-state index contributed by atoms with van der Waals surface area (Å²) in [5.41, 5.74) is 0.